The van der Waals surface area contributed by atoms with Gasteiger partial charge < -0.3 is 26.4 Å². The van der Waals surface area contributed by atoms with Gasteiger partial charge >= 0.3 is 0 Å². The fraction of sp³-hybridized carbons (Fsp3) is 0.545. The van der Waals surface area contributed by atoms with E-state index in [0.29, 0.717) is 0 Å². The summed E-state index contributed by atoms with van der Waals surface area (Å²) in [4.78, 5) is 51.0. The van der Waals surface area contributed by atoms with Crippen LogP contribution in [0.2, 0.25) is 0 Å². The summed E-state index contributed by atoms with van der Waals surface area (Å²) < 4.78 is 0. The van der Waals surface area contributed by atoms with E-state index >= 15 is 0 Å². The van der Waals surface area contributed by atoms with E-state index in [1.54, 1.807) is 20.8 Å². The molecule has 0 aromatic heterocycles. The standard InChI is InChI=1S/C22H32N4O5/c1-13(27)24-18(22(2,3)4)21(31)26-12-15(28)11-17(26)20(30)25-16(19(23)29)10-14-8-6-5-7-9-14/h5-9,15-18,28H,10-12H2,1-4H3,(H2,23,29)(H,24,27)(H,25,30)/t15-,16-,17+,18-/m1/s1. The monoisotopic (exact) mass is 432 g/mol. The second-order valence-corrected chi connectivity index (χ2v) is 9.05. The number of aliphatic hydroxyl groups is 1. The lowest BCUT2D eigenvalue weighted by Gasteiger charge is -2.35. The zero-order valence-corrected chi connectivity index (χ0v) is 18.4. The fourth-order valence-corrected chi connectivity index (χ4v) is 3.66. The van der Waals surface area contributed by atoms with Crippen LogP contribution in [0.15, 0.2) is 30.3 Å². The quantitative estimate of drug-likeness (QED) is 0.468. The van der Waals surface area contributed by atoms with Gasteiger partial charge in [-0.25, -0.2) is 0 Å². The highest BCUT2D eigenvalue weighted by Crippen LogP contribution is 2.26. The van der Waals surface area contributed by atoms with Gasteiger partial charge in [-0.05, 0) is 11.0 Å². The number of rotatable bonds is 7. The maximum absolute atomic E-state index is 13.2. The van der Waals surface area contributed by atoms with Gasteiger partial charge in [0.1, 0.15) is 18.1 Å². The molecule has 170 valence electrons. The Hall–Kier alpha value is -2.94. The van der Waals surface area contributed by atoms with Crippen LogP contribution >= 0.6 is 0 Å². The molecule has 1 fully saturated rings. The zero-order valence-electron chi connectivity index (χ0n) is 18.4. The maximum Gasteiger partial charge on any atom is 0.246 e. The zero-order chi connectivity index (χ0) is 23.3. The predicted molar refractivity (Wildman–Crippen MR) is 114 cm³/mol. The molecule has 0 spiro atoms. The molecule has 1 aliphatic rings. The third kappa shape index (κ3) is 6.52. The predicted octanol–water partition coefficient (Wildman–Crippen LogP) is -0.288. The van der Waals surface area contributed by atoms with Crippen molar-refractivity contribution in [1.29, 1.82) is 0 Å². The highest BCUT2D eigenvalue weighted by molar-refractivity contribution is 5.94. The number of likely N-dealkylation sites (tertiary alicyclic amines) is 1. The van der Waals surface area contributed by atoms with Crippen LogP contribution in [-0.4, -0.2) is 64.4 Å². The van der Waals surface area contributed by atoms with E-state index in [-0.39, 0.29) is 25.3 Å². The number of carbonyl (C=O) groups excluding carboxylic acids is 4. The lowest BCUT2D eigenvalue weighted by atomic mass is 9.85. The topological polar surface area (TPSA) is 142 Å². The molecule has 0 aliphatic carbocycles. The molecule has 1 aromatic carbocycles. The molecule has 4 atom stereocenters. The summed E-state index contributed by atoms with van der Waals surface area (Å²) in [6, 6.07) is 6.30. The molecule has 0 radical (unpaired) electrons. The Balaban J connectivity index is 2.19. The maximum atomic E-state index is 13.2. The van der Waals surface area contributed by atoms with Crippen LogP contribution in [-0.2, 0) is 25.6 Å². The Bertz CT molecular complexity index is 821. The van der Waals surface area contributed by atoms with Gasteiger partial charge in [0, 0.05) is 26.3 Å². The molecule has 1 aliphatic heterocycles. The van der Waals surface area contributed by atoms with Crippen LogP contribution in [0.5, 0.6) is 0 Å². The highest BCUT2D eigenvalue weighted by Gasteiger charge is 2.44. The minimum Gasteiger partial charge on any atom is -0.391 e. The van der Waals surface area contributed by atoms with Crippen LogP contribution in [0.25, 0.3) is 0 Å². The Morgan fingerprint density at radius 2 is 1.77 bits per heavy atom. The number of β-amino-alcohol motifs (C(OH)–C–C–N with tert-alkyl or cyclic N) is 1. The molecule has 4 amide bonds. The molecule has 31 heavy (non-hydrogen) atoms. The minimum atomic E-state index is -0.973. The van der Waals surface area contributed by atoms with Crippen molar-refractivity contribution < 1.29 is 24.3 Å². The molecule has 1 heterocycles. The van der Waals surface area contributed by atoms with E-state index in [4.69, 9.17) is 5.73 Å². The number of benzene rings is 1. The molecule has 0 bridgehead atoms. The number of carbonyl (C=O) groups is 4. The SMILES string of the molecule is CC(=O)N[C@H](C(=O)N1C[C@H](O)C[C@H]1C(=O)N[C@H](Cc1ccccc1)C(N)=O)C(C)(C)C. The van der Waals surface area contributed by atoms with E-state index in [1.165, 1.54) is 11.8 Å². The van der Waals surface area contributed by atoms with Gasteiger partial charge in [-0.15, -0.1) is 0 Å². The number of amides is 4. The molecule has 0 unspecified atom stereocenters. The smallest absolute Gasteiger partial charge is 0.246 e. The Morgan fingerprint density at radius 3 is 2.29 bits per heavy atom. The normalized spacial score (nSPS) is 20.6. The highest BCUT2D eigenvalue weighted by atomic mass is 16.3. The first kappa shape index (κ1) is 24.3. The average molecular weight is 433 g/mol. The molecule has 1 saturated heterocycles. The number of hydrogen-bond acceptors (Lipinski definition) is 5. The van der Waals surface area contributed by atoms with Gasteiger partial charge in [0.25, 0.3) is 0 Å². The van der Waals surface area contributed by atoms with Crippen molar-refractivity contribution in [2.45, 2.75) is 64.8 Å². The summed E-state index contributed by atoms with van der Waals surface area (Å²) in [6.07, 6.45) is -0.647. The van der Waals surface area contributed by atoms with Crippen LogP contribution in [0.4, 0.5) is 0 Å². The summed E-state index contributed by atoms with van der Waals surface area (Å²) in [5, 5.41) is 15.4. The lowest BCUT2D eigenvalue weighted by molar-refractivity contribution is -0.144. The van der Waals surface area contributed by atoms with Gasteiger partial charge in [0.2, 0.25) is 23.6 Å². The fourth-order valence-electron chi connectivity index (χ4n) is 3.66. The summed E-state index contributed by atoms with van der Waals surface area (Å²) >= 11 is 0. The average Bonchev–Trinajstić information content (AvgIpc) is 3.06. The molecule has 1 aromatic rings. The van der Waals surface area contributed by atoms with Crippen LogP contribution < -0.4 is 16.4 Å². The Morgan fingerprint density at radius 1 is 1.16 bits per heavy atom. The minimum absolute atomic E-state index is 0.0331. The van der Waals surface area contributed by atoms with Crippen molar-refractivity contribution in [2.75, 3.05) is 6.54 Å². The van der Waals surface area contributed by atoms with Gasteiger partial charge in [-0.3, -0.25) is 19.2 Å². The second kappa shape index (κ2) is 9.91. The van der Waals surface area contributed by atoms with E-state index in [9.17, 15) is 24.3 Å². The lowest BCUT2D eigenvalue weighted by Crippen LogP contribution is -2.58. The Kier molecular flexibility index (Phi) is 7.78. The van der Waals surface area contributed by atoms with Crippen molar-refractivity contribution in [2.24, 2.45) is 11.1 Å². The molecule has 9 heteroatoms. The Labute approximate surface area is 182 Å². The third-order valence-corrected chi connectivity index (χ3v) is 5.27. The first-order valence-electron chi connectivity index (χ1n) is 10.3. The van der Waals surface area contributed by atoms with E-state index in [1.807, 2.05) is 30.3 Å². The molecular formula is C22H32N4O5. The van der Waals surface area contributed by atoms with Crippen molar-refractivity contribution in [3.63, 3.8) is 0 Å². The number of nitrogens with one attached hydrogen (secondary N) is 2. The third-order valence-electron chi connectivity index (χ3n) is 5.27. The van der Waals surface area contributed by atoms with Crippen molar-refractivity contribution in [1.82, 2.24) is 15.5 Å². The summed E-state index contributed by atoms with van der Waals surface area (Å²) in [7, 11) is 0. The van der Waals surface area contributed by atoms with E-state index < -0.39 is 47.4 Å². The number of primary amides is 1. The summed E-state index contributed by atoms with van der Waals surface area (Å²) in [5.74, 6) is -2.09. The van der Waals surface area contributed by atoms with Crippen LogP contribution in [0.3, 0.4) is 0 Å². The number of hydrogen-bond donors (Lipinski definition) is 4. The van der Waals surface area contributed by atoms with Gasteiger partial charge in [-0.2, -0.15) is 0 Å². The van der Waals surface area contributed by atoms with E-state index in [0.717, 1.165) is 5.56 Å². The molecule has 9 nitrogen and oxygen atoms in total. The first-order valence-corrected chi connectivity index (χ1v) is 10.3. The van der Waals surface area contributed by atoms with Gasteiger partial charge in [0.15, 0.2) is 0 Å². The second-order valence-electron chi connectivity index (χ2n) is 9.05. The molecule has 5 N–H and O–H groups in total. The summed E-state index contributed by atoms with van der Waals surface area (Å²) in [5.41, 5.74) is 5.70. The number of nitrogens with two attached hydrogens (primary N) is 1. The molecular weight excluding hydrogens is 400 g/mol. The van der Waals surface area contributed by atoms with Gasteiger partial charge in [0.05, 0.1) is 6.10 Å². The van der Waals surface area contributed by atoms with Crippen molar-refractivity contribution in [3.05, 3.63) is 35.9 Å². The summed E-state index contributed by atoms with van der Waals surface area (Å²) in [6.45, 7) is 6.68. The number of aliphatic hydroxyl groups excluding tert-OH is 1. The van der Waals surface area contributed by atoms with Crippen molar-refractivity contribution >= 4 is 23.6 Å². The largest absolute Gasteiger partial charge is 0.391 e. The van der Waals surface area contributed by atoms with Crippen molar-refractivity contribution in [3.8, 4) is 0 Å². The first-order chi connectivity index (χ1) is 14.4. The van der Waals surface area contributed by atoms with Gasteiger partial charge in [-0.1, -0.05) is 51.1 Å². The van der Waals surface area contributed by atoms with Crippen LogP contribution in [0.1, 0.15) is 39.7 Å². The number of nitrogens with zero attached hydrogens (tertiary/aromatic N) is 1. The molecule has 2 rings (SSSR count). The van der Waals surface area contributed by atoms with Crippen LogP contribution in [0, 0.1) is 5.41 Å². The van der Waals surface area contributed by atoms with E-state index in [2.05, 4.69) is 10.6 Å². The molecule has 0 saturated carbocycles.